The minimum absolute atomic E-state index is 0.151. The predicted octanol–water partition coefficient (Wildman–Crippen LogP) is 2.63. The maximum absolute atomic E-state index is 12.5. The fourth-order valence-corrected chi connectivity index (χ4v) is 5.33. The SMILES string of the molecule is CN(Cc1nc2c(s1)CCCC2)C(=O)CC1=CSC2=NCCN12. The Bertz CT molecular complexity index is 671. The van der Waals surface area contributed by atoms with Gasteiger partial charge >= 0.3 is 0 Å². The van der Waals surface area contributed by atoms with Gasteiger partial charge < -0.3 is 9.80 Å². The number of aliphatic imine (C=N–C) groups is 1. The van der Waals surface area contributed by atoms with E-state index in [0.717, 1.165) is 41.8 Å². The standard InChI is InChI=1S/C16H20N4OS2/c1-19(9-14-18-12-4-2-3-5-13(12)23-14)15(21)8-11-10-22-16-17-6-7-20(11)16/h10H,2-9H2,1H3. The summed E-state index contributed by atoms with van der Waals surface area (Å²) in [6.45, 7) is 2.37. The third kappa shape index (κ3) is 3.04. The van der Waals surface area contributed by atoms with E-state index in [1.807, 2.05) is 7.05 Å². The fraction of sp³-hybridized carbons (Fsp3) is 0.562. The third-order valence-electron chi connectivity index (χ3n) is 4.47. The Labute approximate surface area is 144 Å². The Morgan fingerprint density at radius 1 is 1.39 bits per heavy atom. The maximum Gasteiger partial charge on any atom is 0.228 e. The molecule has 0 N–H and O–H groups in total. The molecule has 1 aromatic rings. The van der Waals surface area contributed by atoms with Crippen molar-refractivity contribution in [2.75, 3.05) is 20.1 Å². The summed E-state index contributed by atoms with van der Waals surface area (Å²) < 4.78 is 0. The highest BCUT2D eigenvalue weighted by Crippen LogP contribution is 2.31. The van der Waals surface area contributed by atoms with Crippen LogP contribution in [0.15, 0.2) is 16.1 Å². The van der Waals surface area contributed by atoms with Gasteiger partial charge in [-0.15, -0.1) is 11.3 Å². The molecule has 0 radical (unpaired) electrons. The van der Waals surface area contributed by atoms with Crippen molar-refractivity contribution in [3.05, 3.63) is 26.7 Å². The van der Waals surface area contributed by atoms with Crippen molar-refractivity contribution >= 4 is 34.2 Å². The first kappa shape index (κ1) is 15.2. The summed E-state index contributed by atoms with van der Waals surface area (Å²) in [6, 6.07) is 0. The van der Waals surface area contributed by atoms with Gasteiger partial charge in [0.15, 0.2) is 5.17 Å². The number of carbonyl (C=O) groups is 1. The van der Waals surface area contributed by atoms with Crippen molar-refractivity contribution in [2.45, 2.75) is 38.6 Å². The average molecular weight is 348 g/mol. The molecule has 0 unspecified atom stereocenters. The second kappa shape index (κ2) is 6.28. The lowest BCUT2D eigenvalue weighted by Crippen LogP contribution is -2.29. The Hall–Kier alpha value is -1.34. The number of hydrogen-bond donors (Lipinski definition) is 0. The van der Waals surface area contributed by atoms with Crippen LogP contribution in [0.3, 0.4) is 0 Å². The lowest BCUT2D eigenvalue weighted by molar-refractivity contribution is -0.129. The summed E-state index contributed by atoms with van der Waals surface area (Å²) in [6.07, 6.45) is 5.23. The van der Waals surface area contributed by atoms with E-state index < -0.39 is 0 Å². The van der Waals surface area contributed by atoms with Crippen LogP contribution < -0.4 is 0 Å². The molecule has 4 rings (SSSR count). The van der Waals surface area contributed by atoms with E-state index in [-0.39, 0.29) is 5.91 Å². The number of thiazole rings is 1. The number of fused-ring (bicyclic) bond motifs is 2. The zero-order valence-corrected chi connectivity index (χ0v) is 14.9. The Kier molecular flexibility index (Phi) is 4.15. The molecule has 7 heteroatoms. The van der Waals surface area contributed by atoms with Gasteiger partial charge in [-0.3, -0.25) is 9.79 Å². The summed E-state index contributed by atoms with van der Waals surface area (Å²) in [5, 5.41) is 4.18. The number of nitrogens with zero attached hydrogens (tertiary/aromatic N) is 4. The highest BCUT2D eigenvalue weighted by atomic mass is 32.2. The molecule has 1 aromatic heterocycles. The zero-order chi connectivity index (χ0) is 15.8. The number of aromatic nitrogens is 1. The smallest absolute Gasteiger partial charge is 0.228 e. The molecule has 0 aromatic carbocycles. The zero-order valence-electron chi connectivity index (χ0n) is 13.2. The molecule has 122 valence electrons. The van der Waals surface area contributed by atoms with Gasteiger partial charge in [0.05, 0.1) is 25.2 Å². The molecule has 0 spiro atoms. The second-order valence-corrected chi connectivity index (χ2v) is 8.16. The van der Waals surface area contributed by atoms with Crippen molar-refractivity contribution in [3.63, 3.8) is 0 Å². The Morgan fingerprint density at radius 3 is 3.13 bits per heavy atom. The molecule has 5 nitrogen and oxygen atoms in total. The first-order valence-electron chi connectivity index (χ1n) is 8.10. The van der Waals surface area contributed by atoms with Crippen LogP contribution in [0.4, 0.5) is 0 Å². The number of hydrogen-bond acceptors (Lipinski definition) is 6. The number of thioether (sulfide) groups is 1. The van der Waals surface area contributed by atoms with Gasteiger partial charge in [-0.05, 0) is 31.1 Å². The van der Waals surface area contributed by atoms with Gasteiger partial charge in [-0.1, -0.05) is 11.8 Å². The molecule has 0 saturated carbocycles. The van der Waals surface area contributed by atoms with Crippen LogP contribution in [-0.4, -0.2) is 46.0 Å². The highest BCUT2D eigenvalue weighted by molar-refractivity contribution is 8.16. The van der Waals surface area contributed by atoms with Crippen molar-refractivity contribution in [1.82, 2.24) is 14.8 Å². The van der Waals surface area contributed by atoms with Crippen LogP contribution in [0.2, 0.25) is 0 Å². The van der Waals surface area contributed by atoms with E-state index in [0.29, 0.717) is 13.0 Å². The molecular weight excluding hydrogens is 328 g/mol. The summed E-state index contributed by atoms with van der Waals surface area (Å²) in [5.74, 6) is 0.151. The largest absolute Gasteiger partial charge is 0.339 e. The van der Waals surface area contributed by atoms with Crippen LogP contribution in [-0.2, 0) is 24.2 Å². The number of amides is 1. The lowest BCUT2D eigenvalue weighted by Gasteiger charge is -2.20. The van der Waals surface area contributed by atoms with Gasteiger partial charge in [0, 0.05) is 24.2 Å². The third-order valence-corrected chi connectivity index (χ3v) is 6.56. The fourth-order valence-electron chi connectivity index (χ4n) is 3.17. The highest BCUT2D eigenvalue weighted by Gasteiger charge is 2.28. The predicted molar refractivity (Wildman–Crippen MR) is 94.5 cm³/mol. The molecule has 23 heavy (non-hydrogen) atoms. The van der Waals surface area contributed by atoms with Crippen LogP contribution >= 0.6 is 23.1 Å². The topological polar surface area (TPSA) is 48.8 Å². The number of rotatable bonds is 4. The van der Waals surface area contributed by atoms with Crippen molar-refractivity contribution in [1.29, 1.82) is 0 Å². The van der Waals surface area contributed by atoms with Crippen molar-refractivity contribution < 1.29 is 4.79 Å². The molecular formula is C16H20N4OS2. The molecule has 0 fully saturated rings. The Balaban J connectivity index is 1.37. The van der Waals surface area contributed by atoms with E-state index in [4.69, 9.17) is 4.98 Å². The van der Waals surface area contributed by atoms with Gasteiger partial charge in [-0.2, -0.15) is 0 Å². The van der Waals surface area contributed by atoms with E-state index in [1.165, 1.54) is 23.4 Å². The van der Waals surface area contributed by atoms with Crippen LogP contribution in [0, 0.1) is 0 Å². The first-order chi connectivity index (χ1) is 11.2. The quantitative estimate of drug-likeness (QED) is 0.839. The normalized spacial score (nSPS) is 19.3. The molecule has 3 heterocycles. The lowest BCUT2D eigenvalue weighted by atomic mass is 10.0. The number of amidine groups is 1. The van der Waals surface area contributed by atoms with E-state index in [2.05, 4.69) is 15.3 Å². The number of aryl methyl sites for hydroxylation is 2. The van der Waals surface area contributed by atoms with Crippen LogP contribution in [0.25, 0.3) is 0 Å². The minimum atomic E-state index is 0.151. The monoisotopic (exact) mass is 348 g/mol. The summed E-state index contributed by atoms with van der Waals surface area (Å²) >= 11 is 3.42. The molecule has 0 bridgehead atoms. The second-order valence-electron chi connectivity index (χ2n) is 6.15. The minimum Gasteiger partial charge on any atom is -0.339 e. The molecule has 1 amide bonds. The summed E-state index contributed by atoms with van der Waals surface area (Å²) in [7, 11) is 1.88. The summed E-state index contributed by atoms with van der Waals surface area (Å²) in [5.41, 5.74) is 2.35. The van der Waals surface area contributed by atoms with Gasteiger partial charge in [-0.25, -0.2) is 4.98 Å². The molecule has 0 saturated heterocycles. The molecule has 3 aliphatic rings. The molecule has 1 aliphatic carbocycles. The van der Waals surface area contributed by atoms with E-state index in [9.17, 15) is 4.79 Å². The van der Waals surface area contributed by atoms with E-state index in [1.54, 1.807) is 28.0 Å². The van der Waals surface area contributed by atoms with Crippen molar-refractivity contribution in [3.8, 4) is 0 Å². The van der Waals surface area contributed by atoms with Crippen molar-refractivity contribution in [2.24, 2.45) is 4.99 Å². The van der Waals surface area contributed by atoms with Crippen LogP contribution in [0.5, 0.6) is 0 Å². The number of carbonyl (C=O) groups excluding carboxylic acids is 1. The van der Waals surface area contributed by atoms with E-state index >= 15 is 0 Å². The summed E-state index contributed by atoms with van der Waals surface area (Å²) in [4.78, 5) is 27.1. The van der Waals surface area contributed by atoms with Gasteiger partial charge in [0.2, 0.25) is 5.91 Å². The maximum atomic E-state index is 12.5. The molecule has 0 atom stereocenters. The first-order valence-corrected chi connectivity index (χ1v) is 9.79. The average Bonchev–Trinajstić information content (AvgIpc) is 3.23. The Morgan fingerprint density at radius 2 is 2.26 bits per heavy atom. The van der Waals surface area contributed by atoms with Gasteiger partial charge in [0.1, 0.15) is 5.01 Å². The molecule has 2 aliphatic heterocycles. The van der Waals surface area contributed by atoms with Gasteiger partial charge in [0.25, 0.3) is 0 Å². The van der Waals surface area contributed by atoms with Crippen LogP contribution in [0.1, 0.15) is 34.8 Å².